The minimum Gasteiger partial charge on any atom is -0.294 e. The molecule has 1 heterocycles. The van der Waals surface area contributed by atoms with Crippen molar-refractivity contribution in [3.05, 3.63) is 29.8 Å². The highest BCUT2D eigenvalue weighted by atomic mass is 16.2. The van der Waals surface area contributed by atoms with E-state index in [2.05, 4.69) is 5.32 Å². The van der Waals surface area contributed by atoms with E-state index >= 15 is 0 Å². The van der Waals surface area contributed by atoms with Crippen LogP contribution >= 0.6 is 0 Å². The number of fused-ring (bicyclic) bond motifs is 1. The molecular formula is C9H6NO2. The van der Waals surface area contributed by atoms with Gasteiger partial charge < -0.3 is 0 Å². The van der Waals surface area contributed by atoms with Crippen molar-refractivity contribution < 1.29 is 9.59 Å². The quantitative estimate of drug-likeness (QED) is 0.532. The molecule has 3 heteroatoms. The summed E-state index contributed by atoms with van der Waals surface area (Å²) < 4.78 is 0. The van der Waals surface area contributed by atoms with Crippen LogP contribution in [-0.2, 0) is 4.79 Å². The molecule has 0 spiro atoms. The van der Waals surface area contributed by atoms with Crippen LogP contribution in [0.25, 0.3) is 0 Å². The lowest BCUT2D eigenvalue weighted by Gasteiger charge is -2.11. The number of carbonyl (C=O) groups is 2. The summed E-state index contributed by atoms with van der Waals surface area (Å²) in [5.74, 6) is -0.482. The van der Waals surface area contributed by atoms with Gasteiger partial charge >= 0.3 is 0 Å². The standard InChI is InChI=1S/C9H6NO2/c11-8-5-9(12)10-7-4-2-1-3-6(7)8/h1-4H,5H2. The molecule has 0 aliphatic carbocycles. The summed E-state index contributed by atoms with van der Waals surface area (Å²) in [5, 5.41) is 3.74. The van der Waals surface area contributed by atoms with Gasteiger partial charge in [0.25, 0.3) is 5.91 Å². The van der Waals surface area contributed by atoms with Gasteiger partial charge in [0, 0.05) is 5.56 Å². The minimum atomic E-state index is -0.348. The van der Waals surface area contributed by atoms with Crippen LogP contribution in [0.3, 0.4) is 0 Å². The average Bonchev–Trinajstić information content (AvgIpc) is 2.04. The van der Waals surface area contributed by atoms with Crippen molar-refractivity contribution in [2.45, 2.75) is 6.42 Å². The Morgan fingerprint density at radius 1 is 1.17 bits per heavy atom. The third kappa shape index (κ3) is 0.993. The van der Waals surface area contributed by atoms with Crippen molar-refractivity contribution in [1.29, 1.82) is 0 Å². The summed E-state index contributed by atoms with van der Waals surface area (Å²) in [5.41, 5.74) is 1.05. The normalized spacial score (nSPS) is 15.3. The highest BCUT2D eigenvalue weighted by molar-refractivity contribution is 6.14. The number of benzene rings is 1. The zero-order chi connectivity index (χ0) is 8.55. The molecule has 0 bridgehead atoms. The monoisotopic (exact) mass is 160 g/mol. The van der Waals surface area contributed by atoms with E-state index in [0.717, 1.165) is 0 Å². The van der Waals surface area contributed by atoms with Crippen molar-refractivity contribution in [3.63, 3.8) is 0 Å². The molecule has 12 heavy (non-hydrogen) atoms. The highest BCUT2D eigenvalue weighted by Gasteiger charge is 2.22. The van der Waals surface area contributed by atoms with Gasteiger partial charge in [-0.25, -0.2) is 5.32 Å². The van der Waals surface area contributed by atoms with E-state index in [1.807, 2.05) is 0 Å². The largest absolute Gasteiger partial charge is 0.294 e. The number of para-hydroxylation sites is 1. The second-order valence-corrected chi connectivity index (χ2v) is 2.62. The Labute approximate surface area is 69.4 Å². The number of hydrogen-bond acceptors (Lipinski definition) is 2. The van der Waals surface area contributed by atoms with Crippen LogP contribution < -0.4 is 5.32 Å². The first-order valence-electron chi connectivity index (χ1n) is 3.64. The molecule has 1 radical (unpaired) electrons. The van der Waals surface area contributed by atoms with Crippen molar-refractivity contribution in [3.8, 4) is 0 Å². The summed E-state index contributed by atoms with van der Waals surface area (Å²) in [4.78, 5) is 22.1. The molecule has 0 unspecified atom stereocenters. The van der Waals surface area contributed by atoms with Gasteiger partial charge in [-0.15, -0.1) is 0 Å². The number of hydrogen-bond donors (Lipinski definition) is 0. The Morgan fingerprint density at radius 3 is 2.75 bits per heavy atom. The lowest BCUT2D eigenvalue weighted by atomic mass is 10.0. The van der Waals surface area contributed by atoms with Crippen LogP contribution in [0.2, 0.25) is 0 Å². The predicted octanol–water partition coefficient (Wildman–Crippen LogP) is 1.04. The summed E-state index contributed by atoms with van der Waals surface area (Å²) in [6.45, 7) is 0. The number of amides is 1. The van der Waals surface area contributed by atoms with Gasteiger partial charge in [0.05, 0.1) is 12.1 Å². The number of carbonyl (C=O) groups excluding carboxylic acids is 2. The first-order valence-corrected chi connectivity index (χ1v) is 3.64. The van der Waals surface area contributed by atoms with Gasteiger partial charge in [-0.2, -0.15) is 0 Å². The molecule has 0 saturated carbocycles. The maximum atomic E-state index is 11.2. The summed E-state index contributed by atoms with van der Waals surface area (Å²) >= 11 is 0. The fourth-order valence-electron chi connectivity index (χ4n) is 1.21. The SMILES string of the molecule is O=C1CC(=O)c2ccccc2[N]1. The van der Waals surface area contributed by atoms with E-state index in [1.54, 1.807) is 24.3 Å². The van der Waals surface area contributed by atoms with E-state index < -0.39 is 0 Å². The maximum Gasteiger partial charge on any atom is 0.254 e. The molecule has 0 aromatic heterocycles. The molecule has 1 amide bonds. The fraction of sp³-hybridized carbons (Fsp3) is 0.111. The average molecular weight is 160 g/mol. The van der Waals surface area contributed by atoms with Gasteiger partial charge in [0.15, 0.2) is 5.78 Å². The van der Waals surface area contributed by atoms with Gasteiger partial charge in [-0.05, 0) is 12.1 Å². The summed E-state index contributed by atoms with van der Waals surface area (Å²) in [6, 6.07) is 6.88. The zero-order valence-corrected chi connectivity index (χ0v) is 6.28. The number of nitrogens with zero attached hydrogens (tertiary/aromatic N) is 1. The first-order chi connectivity index (χ1) is 5.77. The van der Waals surface area contributed by atoms with Crippen LogP contribution in [0.1, 0.15) is 16.8 Å². The highest BCUT2D eigenvalue weighted by Crippen LogP contribution is 2.21. The van der Waals surface area contributed by atoms with Crippen LogP contribution in [0.4, 0.5) is 5.69 Å². The van der Waals surface area contributed by atoms with Crippen molar-refractivity contribution in [2.24, 2.45) is 0 Å². The molecule has 3 nitrogen and oxygen atoms in total. The lowest BCUT2D eigenvalue weighted by molar-refractivity contribution is -0.119. The molecule has 0 saturated heterocycles. The Morgan fingerprint density at radius 2 is 1.92 bits per heavy atom. The third-order valence-corrected chi connectivity index (χ3v) is 1.76. The third-order valence-electron chi connectivity index (χ3n) is 1.76. The van der Waals surface area contributed by atoms with Gasteiger partial charge in [0.1, 0.15) is 0 Å². The minimum absolute atomic E-state index is 0.0863. The molecule has 1 aliphatic heterocycles. The van der Waals surface area contributed by atoms with Crippen LogP contribution in [0, 0.1) is 0 Å². The van der Waals surface area contributed by atoms with Crippen molar-refractivity contribution in [1.82, 2.24) is 5.32 Å². The van der Waals surface area contributed by atoms with Crippen LogP contribution in [-0.4, -0.2) is 11.7 Å². The van der Waals surface area contributed by atoms with E-state index in [-0.39, 0.29) is 18.1 Å². The maximum absolute atomic E-state index is 11.2. The Bertz CT molecular complexity index is 357. The van der Waals surface area contributed by atoms with E-state index in [0.29, 0.717) is 11.3 Å². The molecule has 59 valence electrons. The molecular weight excluding hydrogens is 154 g/mol. The number of ketones is 1. The van der Waals surface area contributed by atoms with E-state index in [4.69, 9.17) is 0 Å². The molecule has 1 aromatic carbocycles. The number of Topliss-reactive ketones (excluding diaryl/α,β-unsaturated/α-hetero) is 1. The van der Waals surface area contributed by atoms with Crippen molar-refractivity contribution >= 4 is 17.4 Å². The second kappa shape index (κ2) is 2.44. The predicted molar refractivity (Wildman–Crippen MR) is 42.2 cm³/mol. The van der Waals surface area contributed by atoms with Gasteiger partial charge in [-0.1, -0.05) is 12.1 Å². The molecule has 2 rings (SSSR count). The molecule has 0 N–H and O–H groups in total. The fourth-order valence-corrected chi connectivity index (χ4v) is 1.21. The second-order valence-electron chi connectivity index (χ2n) is 2.62. The molecule has 1 aliphatic rings. The lowest BCUT2D eigenvalue weighted by Crippen LogP contribution is -2.22. The van der Waals surface area contributed by atoms with E-state index in [1.165, 1.54) is 0 Å². The summed E-state index contributed by atoms with van der Waals surface area (Å²) in [6.07, 6.45) is -0.0863. The molecule has 1 aromatic rings. The van der Waals surface area contributed by atoms with Gasteiger partial charge in [0.2, 0.25) is 0 Å². The summed E-state index contributed by atoms with van der Waals surface area (Å²) in [7, 11) is 0. The number of rotatable bonds is 0. The van der Waals surface area contributed by atoms with Crippen LogP contribution in [0.5, 0.6) is 0 Å². The Kier molecular flexibility index (Phi) is 1.43. The smallest absolute Gasteiger partial charge is 0.254 e. The molecule has 0 fully saturated rings. The van der Waals surface area contributed by atoms with Crippen LogP contribution in [0.15, 0.2) is 24.3 Å². The first kappa shape index (κ1) is 7.03. The zero-order valence-electron chi connectivity index (χ0n) is 6.28. The van der Waals surface area contributed by atoms with Gasteiger partial charge in [-0.3, -0.25) is 9.59 Å². The van der Waals surface area contributed by atoms with E-state index in [9.17, 15) is 9.59 Å². The topological polar surface area (TPSA) is 48.2 Å². The molecule has 0 atom stereocenters. The van der Waals surface area contributed by atoms with Crippen molar-refractivity contribution in [2.75, 3.05) is 0 Å². The Hall–Kier alpha value is -1.64. The Balaban J connectivity index is 2.54.